The molecular formula is C18H17Cl2N3O3S. The van der Waals surface area contributed by atoms with Gasteiger partial charge in [0.25, 0.3) is 5.56 Å². The fourth-order valence-electron chi connectivity index (χ4n) is 3.03. The van der Waals surface area contributed by atoms with Crippen LogP contribution in [0.2, 0.25) is 10.0 Å². The summed E-state index contributed by atoms with van der Waals surface area (Å²) in [6.07, 6.45) is 1.82. The lowest BCUT2D eigenvalue weighted by Crippen LogP contribution is -2.31. The standard InChI is InChI=1S/C18H17Cl2N3O3S/c1-4-26-17(25)12-8(2)21-15-14(16(24)23-18(22-15)27-3)13(12)9-5-6-10(19)11(20)7-9/h5-7,13H,4H2,1-3H3,(H2,21,22,23,24)/t13-/m1/s1. The summed E-state index contributed by atoms with van der Waals surface area (Å²) in [5, 5.41) is 4.26. The smallest absolute Gasteiger partial charge is 0.336 e. The van der Waals surface area contributed by atoms with E-state index in [1.165, 1.54) is 11.8 Å². The molecule has 0 saturated heterocycles. The number of thioether (sulfide) groups is 1. The SMILES string of the molecule is CCOC(=O)C1=C(C)Nc2nc(SC)[nH]c(=O)c2[C@@H]1c1ccc(Cl)c(Cl)c1. The van der Waals surface area contributed by atoms with Crippen molar-refractivity contribution < 1.29 is 9.53 Å². The maximum atomic E-state index is 12.8. The monoisotopic (exact) mass is 425 g/mol. The molecule has 6 nitrogen and oxygen atoms in total. The Morgan fingerprint density at radius 2 is 2.07 bits per heavy atom. The molecule has 2 aromatic rings. The lowest BCUT2D eigenvalue weighted by molar-refractivity contribution is -0.138. The van der Waals surface area contributed by atoms with Crippen LogP contribution in [0.4, 0.5) is 5.82 Å². The van der Waals surface area contributed by atoms with Crippen LogP contribution in [0.25, 0.3) is 0 Å². The zero-order valence-electron chi connectivity index (χ0n) is 14.9. The molecule has 3 rings (SSSR count). The first-order valence-corrected chi connectivity index (χ1v) is 10.1. The molecule has 0 spiro atoms. The number of ether oxygens (including phenoxy) is 1. The van der Waals surface area contributed by atoms with Crippen molar-refractivity contribution >= 4 is 46.8 Å². The van der Waals surface area contributed by atoms with Gasteiger partial charge in [0.15, 0.2) is 5.16 Å². The minimum atomic E-state index is -0.678. The van der Waals surface area contributed by atoms with Gasteiger partial charge in [0.05, 0.1) is 33.7 Å². The number of carbonyl (C=O) groups excluding carboxylic acids is 1. The first kappa shape index (κ1) is 19.8. The molecule has 2 heterocycles. The Morgan fingerprint density at radius 1 is 1.33 bits per heavy atom. The highest BCUT2D eigenvalue weighted by Crippen LogP contribution is 2.41. The predicted molar refractivity (Wildman–Crippen MR) is 108 cm³/mol. The van der Waals surface area contributed by atoms with Gasteiger partial charge in [-0.1, -0.05) is 41.0 Å². The zero-order chi connectivity index (χ0) is 19.7. The van der Waals surface area contributed by atoms with E-state index in [1.807, 2.05) is 6.26 Å². The number of aromatic nitrogens is 2. The van der Waals surface area contributed by atoms with Gasteiger partial charge in [0.1, 0.15) is 5.82 Å². The number of allylic oxidation sites excluding steroid dienone is 1. The van der Waals surface area contributed by atoms with Gasteiger partial charge < -0.3 is 15.0 Å². The summed E-state index contributed by atoms with van der Waals surface area (Å²) in [5.41, 5.74) is 1.56. The molecule has 1 aliphatic rings. The molecule has 0 radical (unpaired) electrons. The molecule has 1 atom stereocenters. The molecule has 0 amide bonds. The molecule has 1 aromatic heterocycles. The van der Waals surface area contributed by atoms with Gasteiger partial charge >= 0.3 is 5.97 Å². The normalized spacial score (nSPS) is 16.0. The Labute approximate surface area is 170 Å². The predicted octanol–water partition coefficient (Wildman–Crippen LogP) is 4.19. The maximum absolute atomic E-state index is 12.8. The van der Waals surface area contributed by atoms with Crippen molar-refractivity contribution in [1.82, 2.24) is 9.97 Å². The highest BCUT2D eigenvalue weighted by molar-refractivity contribution is 7.98. The van der Waals surface area contributed by atoms with Crippen LogP contribution in [-0.2, 0) is 9.53 Å². The molecule has 0 saturated carbocycles. The van der Waals surface area contributed by atoms with E-state index in [1.54, 1.807) is 32.0 Å². The fraction of sp³-hybridized carbons (Fsp3) is 0.278. The number of benzene rings is 1. The van der Waals surface area contributed by atoms with Gasteiger partial charge in [-0.15, -0.1) is 0 Å². The number of nitrogens with one attached hydrogen (secondary N) is 2. The highest BCUT2D eigenvalue weighted by atomic mass is 35.5. The van der Waals surface area contributed by atoms with Crippen molar-refractivity contribution in [1.29, 1.82) is 0 Å². The van der Waals surface area contributed by atoms with Crippen molar-refractivity contribution in [2.45, 2.75) is 24.9 Å². The minimum Gasteiger partial charge on any atom is -0.463 e. The molecule has 0 aliphatic carbocycles. The van der Waals surface area contributed by atoms with Crippen molar-refractivity contribution in [3.8, 4) is 0 Å². The molecule has 0 bridgehead atoms. The van der Waals surface area contributed by atoms with Gasteiger partial charge in [0.2, 0.25) is 0 Å². The van der Waals surface area contributed by atoms with Crippen LogP contribution >= 0.6 is 35.0 Å². The number of halogens is 2. The van der Waals surface area contributed by atoms with Crippen LogP contribution < -0.4 is 10.9 Å². The average Bonchev–Trinajstić information content (AvgIpc) is 2.62. The number of aromatic amines is 1. The number of carbonyl (C=O) groups is 1. The summed E-state index contributed by atoms with van der Waals surface area (Å²) in [6.45, 7) is 3.70. The Bertz CT molecular complexity index is 1000. The number of anilines is 1. The zero-order valence-corrected chi connectivity index (χ0v) is 17.2. The topological polar surface area (TPSA) is 84.1 Å². The van der Waals surface area contributed by atoms with E-state index in [9.17, 15) is 9.59 Å². The minimum absolute atomic E-state index is 0.219. The first-order valence-electron chi connectivity index (χ1n) is 8.15. The Balaban J connectivity index is 2.28. The van der Waals surface area contributed by atoms with Crippen molar-refractivity contribution in [3.05, 3.63) is 61.0 Å². The van der Waals surface area contributed by atoms with Gasteiger partial charge in [-0.2, -0.15) is 0 Å². The highest BCUT2D eigenvalue weighted by Gasteiger charge is 2.36. The van der Waals surface area contributed by atoms with E-state index < -0.39 is 11.9 Å². The third-order valence-electron chi connectivity index (χ3n) is 4.19. The van der Waals surface area contributed by atoms with Crippen LogP contribution in [0.3, 0.4) is 0 Å². The molecule has 0 fully saturated rings. The van der Waals surface area contributed by atoms with Crippen LogP contribution in [0.1, 0.15) is 30.9 Å². The number of hydrogen-bond acceptors (Lipinski definition) is 6. The molecule has 27 heavy (non-hydrogen) atoms. The summed E-state index contributed by atoms with van der Waals surface area (Å²) in [5.74, 6) is -0.774. The van der Waals surface area contributed by atoms with E-state index in [2.05, 4.69) is 15.3 Å². The molecule has 142 valence electrons. The summed E-state index contributed by atoms with van der Waals surface area (Å²) < 4.78 is 5.22. The summed E-state index contributed by atoms with van der Waals surface area (Å²) >= 11 is 13.5. The second-order valence-electron chi connectivity index (χ2n) is 5.83. The van der Waals surface area contributed by atoms with Crippen LogP contribution in [0.5, 0.6) is 0 Å². The van der Waals surface area contributed by atoms with Crippen molar-refractivity contribution in [2.24, 2.45) is 0 Å². The molecular weight excluding hydrogens is 409 g/mol. The first-order chi connectivity index (χ1) is 12.9. The Hall–Kier alpha value is -1.96. The second-order valence-corrected chi connectivity index (χ2v) is 7.44. The molecule has 2 N–H and O–H groups in total. The van der Waals surface area contributed by atoms with Gasteiger partial charge in [-0.05, 0) is 37.8 Å². The lowest BCUT2D eigenvalue weighted by Gasteiger charge is -2.29. The number of nitrogens with zero attached hydrogens (tertiary/aromatic N) is 1. The van der Waals surface area contributed by atoms with E-state index in [0.29, 0.717) is 43.4 Å². The Kier molecular flexibility index (Phi) is 5.83. The van der Waals surface area contributed by atoms with Gasteiger partial charge in [-0.25, -0.2) is 9.78 Å². The average molecular weight is 426 g/mol. The van der Waals surface area contributed by atoms with Gasteiger partial charge in [-0.3, -0.25) is 4.79 Å². The van der Waals surface area contributed by atoms with E-state index in [-0.39, 0.29) is 12.2 Å². The van der Waals surface area contributed by atoms with Crippen LogP contribution in [-0.4, -0.2) is 28.8 Å². The Morgan fingerprint density at radius 3 is 2.70 bits per heavy atom. The second kappa shape index (κ2) is 7.96. The molecule has 9 heteroatoms. The quantitative estimate of drug-likeness (QED) is 0.433. The summed E-state index contributed by atoms with van der Waals surface area (Å²) in [6, 6.07) is 5.03. The number of rotatable bonds is 4. The number of hydrogen-bond donors (Lipinski definition) is 2. The number of H-pyrrole nitrogens is 1. The van der Waals surface area contributed by atoms with E-state index in [4.69, 9.17) is 27.9 Å². The van der Waals surface area contributed by atoms with Crippen molar-refractivity contribution in [3.63, 3.8) is 0 Å². The van der Waals surface area contributed by atoms with Crippen molar-refractivity contribution in [2.75, 3.05) is 18.2 Å². The maximum Gasteiger partial charge on any atom is 0.336 e. The lowest BCUT2D eigenvalue weighted by atomic mass is 9.82. The number of esters is 1. The van der Waals surface area contributed by atoms with Crippen LogP contribution in [0.15, 0.2) is 39.4 Å². The number of fused-ring (bicyclic) bond motifs is 1. The molecule has 1 aromatic carbocycles. The van der Waals surface area contributed by atoms with E-state index >= 15 is 0 Å². The molecule has 1 aliphatic heterocycles. The summed E-state index contributed by atoms with van der Waals surface area (Å²) in [7, 11) is 0. The molecule has 0 unspecified atom stereocenters. The van der Waals surface area contributed by atoms with Gasteiger partial charge in [0, 0.05) is 5.70 Å². The van der Waals surface area contributed by atoms with E-state index in [0.717, 1.165) is 0 Å². The largest absolute Gasteiger partial charge is 0.463 e. The third-order valence-corrected chi connectivity index (χ3v) is 5.51. The third kappa shape index (κ3) is 3.72. The fourth-order valence-corrected chi connectivity index (χ4v) is 3.72. The van der Waals surface area contributed by atoms with Crippen LogP contribution in [0, 0.1) is 0 Å². The summed E-state index contributed by atoms with van der Waals surface area (Å²) in [4.78, 5) is 32.7.